The number of ether oxygens (including phenoxy) is 3. The van der Waals surface area contributed by atoms with Gasteiger partial charge in [0.05, 0.1) is 16.7 Å². The minimum Gasteiger partial charge on any atom is -0.423 e. The van der Waals surface area contributed by atoms with Gasteiger partial charge in [-0.15, -0.1) is 0 Å². The number of aryl methyl sites for hydroxylation is 3. The molecule has 0 atom stereocenters. The van der Waals surface area contributed by atoms with E-state index in [9.17, 15) is 14.4 Å². The molecule has 0 heterocycles. The van der Waals surface area contributed by atoms with Crippen LogP contribution in [0.25, 0.3) is 0 Å². The Bertz CT molecular complexity index is 1450. The predicted octanol–water partition coefficient (Wildman–Crippen LogP) is 6.27. The van der Waals surface area contributed by atoms with E-state index >= 15 is 0 Å². The van der Waals surface area contributed by atoms with Crippen LogP contribution in [0.1, 0.15) is 47.8 Å². The number of carbonyl (C=O) groups excluding carboxylic acids is 3. The Morgan fingerprint density at radius 3 is 1.31 bits per heavy atom. The molecule has 4 rings (SSSR count). The molecule has 0 N–H and O–H groups in total. The topological polar surface area (TPSA) is 78.9 Å². The molecule has 0 fully saturated rings. The van der Waals surface area contributed by atoms with E-state index in [0.29, 0.717) is 17.2 Å². The Hall–Kier alpha value is -4.71. The monoisotopic (exact) mass is 480 g/mol. The lowest BCUT2D eigenvalue weighted by atomic mass is 10.0. The van der Waals surface area contributed by atoms with Gasteiger partial charge in [-0.1, -0.05) is 54.6 Å². The Morgan fingerprint density at radius 2 is 0.861 bits per heavy atom. The van der Waals surface area contributed by atoms with E-state index in [-0.39, 0.29) is 16.7 Å². The highest BCUT2D eigenvalue weighted by molar-refractivity contribution is 6.06. The lowest BCUT2D eigenvalue weighted by molar-refractivity contribution is 0.0688. The molecule has 0 aliphatic carbocycles. The third-order valence-corrected chi connectivity index (χ3v) is 5.58. The Balaban J connectivity index is 1.69. The van der Waals surface area contributed by atoms with Crippen molar-refractivity contribution in [3.63, 3.8) is 0 Å². The molecule has 0 saturated heterocycles. The molecule has 0 aliphatic rings. The van der Waals surface area contributed by atoms with Crippen LogP contribution < -0.4 is 14.2 Å². The number of para-hydroxylation sites is 3. The largest absolute Gasteiger partial charge is 0.423 e. The molecule has 0 bridgehead atoms. The average Bonchev–Trinajstić information content (AvgIpc) is 2.87. The normalized spacial score (nSPS) is 10.4. The summed E-state index contributed by atoms with van der Waals surface area (Å²) in [5, 5.41) is 0. The molecule has 6 heteroatoms. The molecular formula is C30H24O6. The molecule has 0 radical (unpaired) electrons. The van der Waals surface area contributed by atoms with Gasteiger partial charge in [-0.25, -0.2) is 14.4 Å². The minimum atomic E-state index is -0.799. The first-order chi connectivity index (χ1) is 17.3. The molecular weight excluding hydrogens is 456 g/mol. The molecule has 0 aromatic heterocycles. The summed E-state index contributed by atoms with van der Waals surface area (Å²) in [5.74, 6) is -1.12. The quantitative estimate of drug-likeness (QED) is 0.239. The summed E-state index contributed by atoms with van der Waals surface area (Å²) in [6, 6.07) is 25.2. The fraction of sp³-hybridized carbons (Fsp3) is 0.100. The van der Waals surface area contributed by atoms with Gasteiger partial charge in [0.2, 0.25) is 0 Å². The van der Waals surface area contributed by atoms with Gasteiger partial charge < -0.3 is 14.2 Å². The Labute approximate surface area is 209 Å². The van der Waals surface area contributed by atoms with Crippen molar-refractivity contribution in [1.82, 2.24) is 0 Å². The van der Waals surface area contributed by atoms with E-state index in [4.69, 9.17) is 14.2 Å². The zero-order valence-electron chi connectivity index (χ0n) is 20.1. The van der Waals surface area contributed by atoms with Gasteiger partial charge >= 0.3 is 17.9 Å². The summed E-state index contributed by atoms with van der Waals surface area (Å²) < 4.78 is 16.6. The third-order valence-electron chi connectivity index (χ3n) is 5.58. The average molecular weight is 481 g/mol. The molecule has 4 aromatic rings. The van der Waals surface area contributed by atoms with Gasteiger partial charge in [-0.2, -0.15) is 0 Å². The zero-order chi connectivity index (χ0) is 25.7. The number of rotatable bonds is 6. The molecule has 0 spiro atoms. The molecule has 0 aliphatic heterocycles. The summed E-state index contributed by atoms with van der Waals surface area (Å²) in [5.41, 5.74) is 2.21. The van der Waals surface area contributed by atoms with E-state index < -0.39 is 17.9 Å². The van der Waals surface area contributed by atoms with Crippen molar-refractivity contribution < 1.29 is 28.6 Å². The van der Waals surface area contributed by atoms with Gasteiger partial charge in [0.25, 0.3) is 0 Å². The van der Waals surface area contributed by atoms with Crippen LogP contribution in [0, 0.1) is 20.8 Å². The van der Waals surface area contributed by atoms with Crippen LogP contribution in [0.2, 0.25) is 0 Å². The van der Waals surface area contributed by atoms with Crippen molar-refractivity contribution >= 4 is 17.9 Å². The summed E-state index contributed by atoms with van der Waals surface area (Å²) >= 11 is 0. The maximum absolute atomic E-state index is 13.2. The maximum atomic E-state index is 13.2. The van der Waals surface area contributed by atoms with E-state index in [2.05, 4.69) is 0 Å². The Morgan fingerprint density at radius 1 is 0.472 bits per heavy atom. The fourth-order valence-corrected chi connectivity index (χ4v) is 3.50. The first-order valence-electron chi connectivity index (χ1n) is 11.3. The number of hydrogen-bond acceptors (Lipinski definition) is 6. The van der Waals surface area contributed by atoms with Gasteiger partial charge in [0, 0.05) is 0 Å². The summed E-state index contributed by atoms with van der Waals surface area (Å²) in [6.07, 6.45) is 0. The van der Waals surface area contributed by atoms with E-state index in [0.717, 1.165) is 16.7 Å². The number of benzene rings is 4. The van der Waals surface area contributed by atoms with Crippen LogP contribution in [0.4, 0.5) is 0 Å². The number of carbonyl (C=O) groups is 3. The van der Waals surface area contributed by atoms with Crippen LogP contribution in [-0.2, 0) is 0 Å². The van der Waals surface area contributed by atoms with Crippen molar-refractivity contribution in [3.8, 4) is 17.2 Å². The molecule has 6 nitrogen and oxygen atoms in total. The first kappa shape index (κ1) is 24.4. The van der Waals surface area contributed by atoms with Gasteiger partial charge in [0.15, 0.2) is 0 Å². The number of hydrogen-bond donors (Lipinski definition) is 0. The number of esters is 3. The van der Waals surface area contributed by atoms with Crippen LogP contribution in [0.3, 0.4) is 0 Å². The van der Waals surface area contributed by atoms with E-state index in [1.807, 2.05) is 31.2 Å². The first-order valence-corrected chi connectivity index (χ1v) is 11.3. The van der Waals surface area contributed by atoms with Crippen molar-refractivity contribution in [2.24, 2.45) is 0 Å². The van der Waals surface area contributed by atoms with Crippen molar-refractivity contribution in [3.05, 3.63) is 124 Å². The van der Waals surface area contributed by atoms with Gasteiger partial charge in [-0.3, -0.25) is 0 Å². The fourth-order valence-electron chi connectivity index (χ4n) is 3.50. The van der Waals surface area contributed by atoms with Crippen molar-refractivity contribution in [1.29, 1.82) is 0 Å². The summed E-state index contributed by atoms with van der Waals surface area (Å²) in [6.45, 7) is 5.42. The molecule has 180 valence electrons. The van der Waals surface area contributed by atoms with Crippen LogP contribution in [0.15, 0.2) is 91.0 Å². The highest BCUT2D eigenvalue weighted by Gasteiger charge is 2.24. The van der Waals surface area contributed by atoms with Crippen molar-refractivity contribution in [2.45, 2.75) is 20.8 Å². The molecule has 4 aromatic carbocycles. The standard InChI is InChI=1S/C30H24O6/c1-19-10-4-7-13-25(19)34-28(31)22-16-17-23(29(32)35-26-14-8-5-11-20(26)2)24(18-22)30(33)36-27-15-9-6-12-21(27)3/h4-18H,1-3H3. The van der Waals surface area contributed by atoms with E-state index in [1.165, 1.54) is 18.2 Å². The molecule has 36 heavy (non-hydrogen) atoms. The SMILES string of the molecule is Cc1ccccc1OC(=O)c1ccc(C(=O)Oc2ccccc2C)c(C(=O)Oc2ccccc2C)c1. The smallest absolute Gasteiger partial charge is 0.344 e. The summed E-state index contributed by atoms with van der Waals surface area (Å²) in [7, 11) is 0. The Kier molecular flexibility index (Phi) is 7.25. The minimum absolute atomic E-state index is 0.0377. The van der Waals surface area contributed by atoms with Gasteiger partial charge in [-0.05, 0) is 73.9 Å². The third kappa shape index (κ3) is 5.50. The van der Waals surface area contributed by atoms with Crippen LogP contribution >= 0.6 is 0 Å². The second-order valence-electron chi connectivity index (χ2n) is 8.23. The van der Waals surface area contributed by atoms with Crippen LogP contribution in [0.5, 0.6) is 17.2 Å². The molecule has 0 saturated carbocycles. The summed E-state index contributed by atoms with van der Waals surface area (Å²) in [4.78, 5) is 39.2. The lowest BCUT2D eigenvalue weighted by Crippen LogP contribution is -2.20. The lowest BCUT2D eigenvalue weighted by Gasteiger charge is -2.13. The zero-order valence-corrected chi connectivity index (χ0v) is 20.1. The molecule has 0 unspecified atom stereocenters. The highest BCUT2D eigenvalue weighted by Crippen LogP contribution is 2.24. The predicted molar refractivity (Wildman–Crippen MR) is 135 cm³/mol. The second kappa shape index (κ2) is 10.7. The second-order valence-corrected chi connectivity index (χ2v) is 8.23. The molecule has 0 amide bonds. The van der Waals surface area contributed by atoms with Crippen LogP contribution in [-0.4, -0.2) is 17.9 Å². The maximum Gasteiger partial charge on any atom is 0.344 e. The van der Waals surface area contributed by atoms with E-state index in [1.54, 1.807) is 62.4 Å². The van der Waals surface area contributed by atoms with Gasteiger partial charge in [0.1, 0.15) is 17.2 Å². The van der Waals surface area contributed by atoms with Crippen molar-refractivity contribution in [2.75, 3.05) is 0 Å². The highest BCUT2D eigenvalue weighted by atomic mass is 16.5.